The van der Waals surface area contributed by atoms with Gasteiger partial charge in [-0.2, -0.15) is 0 Å². The van der Waals surface area contributed by atoms with Crippen molar-refractivity contribution >= 4 is 11.9 Å². The highest BCUT2D eigenvalue weighted by Gasteiger charge is 2.44. The van der Waals surface area contributed by atoms with Crippen LogP contribution in [0.5, 0.6) is 0 Å². The Kier molecular flexibility index (Phi) is 7.56. The molecule has 1 aliphatic rings. The summed E-state index contributed by atoms with van der Waals surface area (Å²) in [5.74, 6) is 0.191. The van der Waals surface area contributed by atoms with Crippen molar-refractivity contribution in [1.29, 1.82) is 0 Å². The second-order valence-corrected chi connectivity index (χ2v) is 7.86. The summed E-state index contributed by atoms with van der Waals surface area (Å²) in [4.78, 5) is 25.0. The number of hydrogen-bond donors (Lipinski definition) is 1. The van der Waals surface area contributed by atoms with Gasteiger partial charge < -0.3 is 10.1 Å². The van der Waals surface area contributed by atoms with Crippen LogP contribution in [0.4, 0.5) is 4.79 Å². The molecular formula is C19H35NO3. The van der Waals surface area contributed by atoms with Crippen LogP contribution in [0.3, 0.4) is 0 Å². The van der Waals surface area contributed by atoms with Crippen molar-refractivity contribution in [3.8, 4) is 0 Å². The molecule has 1 fully saturated rings. The minimum absolute atomic E-state index is 0.0831. The Labute approximate surface area is 141 Å². The number of alkyl carbamates (subject to hydrolysis) is 1. The van der Waals surface area contributed by atoms with Crippen molar-refractivity contribution in [2.24, 2.45) is 5.92 Å². The maximum atomic E-state index is 12.6. The van der Waals surface area contributed by atoms with Crippen LogP contribution in [0.15, 0.2) is 0 Å². The number of Topliss-reactive ketones (excluding diaryl/α,β-unsaturated/α-hetero) is 1. The smallest absolute Gasteiger partial charge is 0.408 e. The molecule has 1 saturated carbocycles. The number of unbranched alkanes of at least 4 members (excludes halogenated alkanes) is 1. The average molecular weight is 325 g/mol. The number of ketones is 1. The molecule has 0 radical (unpaired) electrons. The molecule has 0 aromatic carbocycles. The zero-order chi connectivity index (χ0) is 17.5. The first-order valence-electron chi connectivity index (χ1n) is 9.28. The number of carbonyl (C=O) groups is 2. The van der Waals surface area contributed by atoms with Crippen molar-refractivity contribution in [2.75, 3.05) is 0 Å². The fraction of sp³-hybridized carbons (Fsp3) is 0.895. The maximum absolute atomic E-state index is 12.6. The van der Waals surface area contributed by atoms with Crippen LogP contribution < -0.4 is 5.32 Å². The molecule has 1 N–H and O–H groups in total. The lowest BCUT2D eigenvalue weighted by atomic mass is 9.69. The van der Waals surface area contributed by atoms with Gasteiger partial charge in [-0.05, 0) is 40.0 Å². The summed E-state index contributed by atoms with van der Waals surface area (Å²) >= 11 is 0. The number of hydrogen-bond acceptors (Lipinski definition) is 3. The number of rotatable bonds is 7. The zero-order valence-corrected chi connectivity index (χ0v) is 15.7. The molecular weight excluding hydrogens is 290 g/mol. The van der Waals surface area contributed by atoms with E-state index in [4.69, 9.17) is 4.74 Å². The van der Waals surface area contributed by atoms with Gasteiger partial charge in [-0.1, -0.05) is 46.0 Å². The average Bonchev–Trinajstić information content (AvgIpc) is 2.46. The van der Waals surface area contributed by atoms with Crippen molar-refractivity contribution in [3.05, 3.63) is 0 Å². The highest BCUT2D eigenvalue weighted by molar-refractivity contribution is 5.83. The Balaban J connectivity index is 2.97. The third kappa shape index (κ3) is 6.15. The van der Waals surface area contributed by atoms with Crippen LogP contribution in [-0.2, 0) is 9.53 Å². The summed E-state index contributed by atoms with van der Waals surface area (Å²) < 4.78 is 5.47. The second-order valence-electron chi connectivity index (χ2n) is 7.86. The van der Waals surface area contributed by atoms with Gasteiger partial charge in [-0.3, -0.25) is 4.79 Å². The first-order chi connectivity index (χ1) is 10.7. The van der Waals surface area contributed by atoms with E-state index in [9.17, 15) is 9.59 Å². The molecule has 1 rings (SSSR count). The van der Waals surface area contributed by atoms with Gasteiger partial charge >= 0.3 is 6.09 Å². The molecule has 1 amide bonds. The molecule has 1 aliphatic carbocycles. The normalized spacial score (nSPS) is 19.0. The third-order valence-electron chi connectivity index (χ3n) is 4.75. The molecule has 0 aromatic heterocycles. The SMILES string of the molecule is CCCCC(C(=O)CC)C1(NC(=O)OC(C)(C)C)CCCCC1. The molecule has 0 heterocycles. The number of carbonyl (C=O) groups excluding carboxylic acids is 2. The molecule has 134 valence electrons. The van der Waals surface area contributed by atoms with Crippen LogP contribution in [0.2, 0.25) is 0 Å². The molecule has 0 aromatic rings. The largest absolute Gasteiger partial charge is 0.444 e. The summed E-state index contributed by atoms with van der Waals surface area (Å²) in [5.41, 5.74) is -0.934. The molecule has 4 nitrogen and oxygen atoms in total. The molecule has 0 saturated heterocycles. The predicted molar refractivity (Wildman–Crippen MR) is 93.5 cm³/mol. The van der Waals surface area contributed by atoms with E-state index in [2.05, 4.69) is 12.2 Å². The van der Waals surface area contributed by atoms with Gasteiger partial charge in [0, 0.05) is 12.3 Å². The molecule has 0 spiro atoms. The summed E-state index contributed by atoms with van der Waals surface area (Å²) in [6, 6.07) is 0. The second kappa shape index (κ2) is 8.70. The van der Waals surface area contributed by atoms with Gasteiger partial charge in [0.2, 0.25) is 0 Å². The van der Waals surface area contributed by atoms with E-state index in [0.717, 1.165) is 44.9 Å². The van der Waals surface area contributed by atoms with E-state index in [0.29, 0.717) is 6.42 Å². The Morgan fingerprint density at radius 3 is 2.22 bits per heavy atom. The molecule has 0 aliphatic heterocycles. The van der Waals surface area contributed by atoms with Crippen LogP contribution in [0.1, 0.15) is 92.4 Å². The van der Waals surface area contributed by atoms with Gasteiger partial charge in [-0.15, -0.1) is 0 Å². The van der Waals surface area contributed by atoms with E-state index >= 15 is 0 Å². The monoisotopic (exact) mass is 325 g/mol. The maximum Gasteiger partial charge on any atom is 0.408 e. The van der Waals surface area contributed by atoms with Crippen molar-refractivity contribution < 1.29 is 14.3 Å². The molecule has 1 atom stereocenters. The van der Waals surface area contributed by atoms with Crippen LogP contribution in [0, 0.1) is 5.92 Å². The van der Waals surface area contributed by atoms with Crippen molar-refractivity contribution in [1.82, 2.24) is 5.32 Å². The van der Waals surface area contributed by atoms with E-state index in [1.807, 2.05) is 27.7 Å². The fourth-order valence-corrected chi connectivity index (χ4v) is 3.65. The van der Waals surface area contributed by atoms with E-state index in [-0.39, 0.29) is 17.8 Å². The quantitative estimate of drug-likeness (QED) is 0.716. The number of amides is 1. The summed E-state index contributed by atoms with van der Waals surface area (Å²) in [6.07, 6.45) is 8.17. The first-order valence-corrected chi connectivity index (χ1v) is 9.28. The minimum Gasteiger partial charge on any atom is -0.444 e. The predicted octanol–water partition coefficient (Wildman–Crippen LogP) is 5.00. The first kappa shape index (κ1) is 20.0. The minimum atomic E-state index is -0.520. The van der Waals surface area contributed by atoms with Crippen molar-refractivity contribution in [3.63, 3.8) is 0 Å². The van der Waals surface area contributed by atoms with Gasteiger partial charge in [0.1, 0.15) is 11.4 Å². The highest BCUT2D eigenvalue weighted by Crippen LogP contribution is 2.38. The zero-order valence-electron chi connectivity index (χ0n) is 15.7. The van der Waals surface area contributed by atoms with Gasteiger partial charge in [0.15, 0.2) is 0 Å². The highest BCUT2D eigenvalue weighted by atomic mass is 16.6. The van der Waals surface area contributed by atoms with Crippen LogP contribution in [0.25, 0.3) is 0 Å². The number of nitrogens with one attached hydrogen (secondary N) is 1. The molecule has 23 heavy (non-hydrogen) atoms. The molecule has 4 heteroatoms. The van der Waals surface area contributed by atoms with Crippen molar-refractivity contribution in [2.45, 2.75) is 104 Å². The summed E-state index contributed by atoms with van der Waals surface area (Å²) in [5, 5.41) is 3.13. The lowest BCUT2D eigenvalue weighted by Gasteiger charge is -2.43. The Hall–Kier alpha value is -1.06. The Bertz CT molecular complexity index is 392. The third-order valence-corrected chi connectivity index (χ3v) is 4.75. The molecule has 0 bridgehead atoms. The molecule has 1 unspecified atom stereocenters. The van der Waals surface area contributed by atoms with E-state index in [1.165, 1.54) is 6.42 Å². The Morgan fingerprint density at radius 2 is 1.74 bits per heavy atom. The van der Waals surface area contributed by atoms with Gasteiger partial charge in [0.05, 0.1) is 5.54 Å². The lowest BCUT2D eigenvalue weighted by molar-refractivity contribution is -0.126. The summed E-state index contributed by atoms with van der Waals surface area (Å²) in [7, 11) is 0. The van der Waals surface area contributed by atoms with Gasteiger partial charge in [0.25, 0.3) is 0 Å². The topological polar surface area (TPSA) is 55.4 Å². The standard InChI is InChI=1S/C19H35NO3/c1-6-8-12-15(16(21)7-2)19(13-10-9-11-14-19)20-17(22)23-18(3,4)5/h15H,6-14H2,1-5H3,(H,20,22). The summed E-state index contributed by atoms with van der Waals surface area (Å²) in [6.45, 7) is 9.66. The lowest BCUT2D eigenvalue weighted by Crippen LogP contribution is -2.57. The van der Waals surface area contributed by atoms with E-state index < -0.39 is 11.1 Å². The van der Waals surface area contributed by atoms with E-state index in [1.54, 1.807) is 0 Å². The van der Waals surface area contributed by atoms with Crippen LogP contribution in [-0.4, -0.2) is 23.0 Å². The Morgan fingerprint density at radius 1 is 1.13 bits per heavy atom. The fourth-order valence-electron chi connectivity index (χ4n) is 3.65. The van der Waals surface area contributed by atoms with Crippen LogP contribution >= 0.6 is 0 Å². The number of ether oxygens (including phenoxy) is 1. The van der Waals surface area contributed by atoms with Gasteiger partial charge in [-0.25, -0.2) is 4.79 Å².